The fourth-order valence-corrected chi connectivity index (χ4v) is 4.66. The summed E-state index contributed by atoms with van der Waals surface area (Å²) in [6.07, 6.45) is 3.69. The first-order chi connectivity index (χ1) is 17.5. The van der Waals surface area contributed by atoms with Crippen molar-refractivity contribution in [2.45, 2.75) is 13.0 Å². The monoisotopic (exact) mass is 478 g/mol. The van der Waals surface area contributed by atoms with E-state index in [4.69, 9.17) is 4.99 Å². The molecule has 2 aliphatic rings. The molecule has 10 nitrogen and oxygen atoms in total. The first kappa shape index (κ1) is 21.5. The normalized spacial score (nSPS) is 14.1. The van der Waals surface area contributed by atoms with Gasteiger partial charge in [-0.3, -0.25) is 39.1 Å². The van der Waals surface area contributed by atoms with E-state index in [0.29, 0.717) is 46.0 Å². The fraction of sp³-hybridized carbons (Fsp3) is 0.115. The number of hydrogen-bond acceptors (Lipinski definition) is 7. The average Bonchev–Trinajstić information content (AvgIpc) is 3.35. The van der Waals surface area contributed by atoms with Crippen LogP contribution >= 0.6 is 0 Å². The van der Waals surface area contributed by atoms with E-state index in [2.05, 4.69) is 9.97 Å². The number of aliphatic imine (C=N–C) groups is 1. The fourth-order valence-electron chi connectivity index (χ4n) is 4.66. The van der Waals surface area contributed by atoms with Gasteiger partial charge in [0.05, 0.1) is 39.7 Å². The predicted molar refractivity (Wildman–Crippen MR) is 129 cm³/mol. The van der Waals surface area contributed by atoms with Crippen LogP contribution in [0.1, 0.15) is 43.5 Å². The van der Waals surface area contributed by atoms with Crippen LogP contribution in [0.25, 0.3) is 5.69 Å². The summed E-state index contributed by atoms with van der Waals surface area (Å²) in [7, 11) is 0. The van der Waals surface area contributed by atoms with Crippen molar-refractivity contribution in [3.05, 3.63) is 117 Å². The molecule has 176 valence electrons. The number of rotatable bonds is 5. The number of amides is 2. The van der Waals surface area contributed by atoms with Gasteiger partial charge in [0.2, 0.25) is 0 Å². The van der Waals surface area contributed by atoms with Gasteiger partial charge in [0.1, 0.15) is 5.82 Å². The van der Waals surface area contributed by atoms with Gasteiger partial charge >= 0.3 is 0 Å². The number of carbonyl (C=O) groups is 2. The third-order valence-corrected chi connectivity index (χ3v) is 6.35. The molecule has 0 bridgehead atoms. The van der Waals surface area contributed by atoms with Crippen molar-refractivity contribution in [1.29, 1.82) is 0 Å². The van der Waals surface area contributed by atoms with Gasteiger partial charge in [0.25, 0.3) is 17.5 Å². The highest BCUT2D eigenvalue weighted by atomic mass is 16.6. The number of pyridine rings is 1. The Bertz CT molecular complexity index is 1560. The summed E-state index contributed by atoms with van der Waals surface area (Å²) < 4.78 is 1.90. The molecular formula is C26H18N6O4. The molecule has 2 amide bonds. The van der Waals surface area contributed by atoms with Gasteiger partial charge < -0.3 is 0 Å². The van der Waals surface area contributed by atoms with E-state index in [1.807, 2.05) is 10.6 Å². The molecule has 0 spiro atoms. The number of nitrogens with zero attached hydrogens (tertiary/aromatic N) is 6. The first-order valence-electron chi connectivity index (χ1n) is 11.3. The summed E-state index contributed by atoms with van der Waals surface area (Å²) in [5.74, 6) is 0.0133. The van der Waals surface area contributed by atoms with Crippen molar-refractivity contribution in [2.75, 3.05) is 6.54 Å². The lowest BCUT2D eigenvalue weighted by Gasteiger charge is -2.17. The van der Waals surface area contributed by atoms with Crippen LogP contribution < -0.4 is 0 Å². The molecule has 0 N–H and O–H groups in total. The van der Waals surface area contributed by atoms with Crippen LogP contribution in [0, 0.1) is 10.1 Å². The second-order valence-corrected chi connectivity index (χ2v) is 8.40. The first-order valence-corrected chi connectivity index (χ1v) is 11.3. The molecule has 0 aliphatic carbocycles. The Labute approximate surface area is 204 Å². The van der Waals surface area contributed by atoms with Crippen LogP contribution in [-0.4, -0.2) is 48.4 Å². The van der Waals surface area contributed by atoms with E-state index < -0.39 is 4.92 Å². The molecule has 2 aromatic heterocycles. The lowest BCUT2D eigenvalue weighted by Crippen LogP contribution is -2.32. The van der Waals surface area contributed by atoms with Crippen LogP contribution in [0.15, 0.2) is 78.0 Å². The summed E-state index contributed by atoms with van der Waals surface area (Å²) in [6.45, 7) is 0.412. The number of nitro benzene ring substituents is 1. The summed E-state index contributed by atoms with van der Waals surface area (Å²) in [4.78, 5) is 51.6. The van der Waals surface area contributed by atoms with Crippen LogP contribution in [-0.2, 0) is 13.0 Å². The average molecular weight is 478 g/mol. The highest BCUT2D eigenvalue weighted by molar-refractivity contribution is 6.21. The highest BCUT2D eigenvalue weighted by Gasteiger charge is 2.35. The van der Waals surface area contributed by atoms with Gasteiger partial charge in [0.15, 0.2) is 0 Å². The summed E-state index contributed by atoms with van der Waals surface area (Å²) in [6, 6.07) is 16.8. The van der Waals surface area contributed by atoms with Gasteiger partial charge in [-0.2, -0.15) is 0 Å². The van der Waals surface area contributed by atoms with Crippen LogP contribution in [0.2, 0.25) is 0 Å². The third kappa shape index (κ3) is 3.38. The van der Waals surface area contributed by atoms with E-state index in [-0.39, 0.29) is 30.6 Å². The van der Waals surface area contributed by atoms with Crippen molar-refractivity contribution in [2.24, 2.45) is 4.99 Å². The highest BCUT2D eigenvalue weighted by Crippen LogP contribution is 2.30. The Kier molecular flexibility index (Phi) is 4.99. The quantitative estimate of drug-likeness (QED) is 0.246. The topological polar surface area (TPSA) is 124 Å². The maximum atomic E-state index is 12.8. The zero-order valence-electron chi connectivity index (χ0n) is 18.9. The Balaban J connectivity index is 1.38. The molecule has 0 saturated carbocycles. The van der Waals surface area contributed by atoms with Crippen molar-refractivity contribution >= 4 is 23.2 Å². The number of aromatic nitrogens is 3. The van der Waals surface area contributed by atoms with Crippen molar-refractivity contribution in [3.8, 4) is 5.69 Å². The molecule has 4 aromatic rings. The number of non-ortho nitro benzene ring substituents is 1. The number of nitro groups is 1. The Hall–Kier alpha value is -4.99. The van der Waals surface area contributed by atoms with Crippen molar-refractivity contribution < 1.29 is 14.5 Å². The zero-order chi connectivity index (χ0) is 24.8. The molecule has 0 saturated heterocycles. The SMILES string of the molecule is O=C1c2ccccc2C(=O)N1CCc1cnc2n1-c1ccc([N+](=O)[O-])cc1C(c1ccccn1)=NC2. The van der Waals surface area contributed by atoms with Gasteiger partial charge in [-0.15, -0.1) is 0 Å². The summed E-state index contributed by atoms with van der Waals surface area (Å²) >= 11 is 0. The summed E-state index contributed by atoms with van der Waals surface area (Å²) in [5, 5.41) is 11.5. The third-order valence-electron chi connectivity index (χ3n) is 6.35. The van der Waals surface area contributed by atoms with Gasteiger partial charge in [-0.25, -0.2) is 4.98 Å². The molecule has 2 aromatic carbocycles. The molecule has 0 unspecified atom stereocenters. The van der Waals surface area contributed by atoms with Gasteiger partial charge in [-0.1, -0.05) is 18.2 Å². The maximum Gasteiger partial charge on any atom is 0.270 e. The molecule has 0 radical (unpaired) electrons. The van der Waals surface area contributed by atoms with Crippen molar-refractivity contribution in [1.82, 2.24) is 19.4 Å². The largest absolute Gasteiger partial charge is 0.298 e. The van der Waals surface area contributed by atoms with Crippen molar-refractivity contribution in [3.63, 3.8) is 0 Å². The van der Waals surface area contributed by atoms with E-state index >= 15 is 0 Å². The standard InChI is InChI=1S/C26H18N6O4/c33-25-18-5-1-2-6-19(18)26(34)30(25)12-10-17-14-28-23-15-29-24(21-7-3-4-11-27-21)20-13-16(32(35)36)8-9-22(20)31(17)23/h1-9,11,13-14H,10,12,15H2. The minimum absolute atomic E-state index is 0.0616. The zero-order valence-corrected chi connectivity index (χ0v) is 18.9. The van der Waals surface area contributed by atoms with E-state index in [9.17, 15) is 19.7 Å². The molecule has 36 heavy (non-hydrogen) atoms. The van der Waals surface area contributed by atoms with Crippen LogP contribution in [0.3, 0.4) is 0 Å². The molecule has 6 rings (SSSR count). The molecule has 2 aliphatic heterocycles. The number of fused-ring (bicyclic) bond motifs is 4. The molecular weight excluding hydrogens is 460 g/mol. The lowest BCUT2D eigenvalue weighted by atomic mass is 10.0. The Morgan fingerprint density at radius 2 is 1.67 bits per heavy atom. The molecule has 0 fully saturated rings. The number of benzene rings is 2. The molecule has 10 heteroatoms. The van der Waals surface area contributed by atoms with E-state index in [1.54, 1.807) is 54.9 Å². The maximum absolute atomic E-state index is 12.8. The minimum Gasteiger partial charge on any atom is -0.298 e. The second kappa shape index (κ2) is 8.35. The molecule has 4 heterocycles. The number of imide groups is 1. The number of hydrogen-bond donors (Lipinski definition) is 0. The second-order valence-electron chi connectivity index (χ2n) is 8.40. The minimum atomic E-state index is -0.445. The van der Waals surface area contributed by atoms with Gasteiger partial charge in [-0.05, 0) is 30.3 Å². The van der Waals surface area contributed by atoms with E-state index in [0.717, 1.165) is 5.69 Å². The smallest absolute Gasteiger partial charge is 0.270 e. The predicted octanol–water partition coefficient (Wildman–Crippen LogP) is 3.37. The lowest BCUT2D eigenvalue weighted by molar-refractivity contribution is -0.384. The Morgan fingerprint density at radius 1 is 0.917 bits per heavy atom. The number of carbonyl (C=O) groups excluding carboxylic acids is 2. The number of imidazole rings is 1. The van der Waals surface area contributed by atoms with E-state index in [1.165, 1.54) is 17.0 Å². The van der Waals surface area contributed by atoms with Gasteiger partial charge in [0, 0.05) is 48.7 Å². The van der Waals surface area contributed by atoms with Crippen LogP contribution in [0.4, 0.5) is 5.69 Å². The Morgan fingerprint density at radius 3 is 2.36 bits per heavy atom. The van der Waals surface area contributed by atoms with Crippen LogP contribution in [0.5, 0.6) is 0 Å². The summed E-state index contributed by atoms with van der Waals surface area (Å²) in [5.41, 5.74) is 3.86. The molecule has 0 atom stereocenters.